The molecule has 0 fully saturated rings. The molecule has 0 saturated heterocycles. The number of aliphatic hydroxyl groups is 2. The molecule has 2 atom stereocenters. The molecular formula is C34H67O10P. The van der Waals surface area contributed by atoms with Crippen molar-refractivity contribution >= 4 is 19.8 Å². The second kappa shape index (κ2) is 31.6. The second-order valence-corrected chi connectivity index (χ2v) is 13.8. The molecule has 0 amide bonds. The highest BCUT2D eigenvalue weighted by Crippen LogP contribution is 2.43. The van der Waals surface area contributed by atoms with Crippen molar-refractivity contribution in [3.05, 3.63) is 0 Å². The van der Waals surface area contributed by atoms with Crippen molar-refractivity contribution in [1.82, 2.24) is 0 Å². The van der Waals surface area contributed by atoms with Gasteiger partial charge in [0.25, 0.3) is 0 Å². The van der Waals surface area contributed by atoms with E-state index >= 15 is 0 Å². The third-order valence-corrected chi connectivity index (χ3v) is 8.65. The van der Waals surface area contributed by atoms with Gasteiger partial charge >= 0.3 is 19.8 Å². The van der Waals surface area contributed by atoms with E-state index in [0.29, 0.717) is 0 Å². The Morgan fingerprint density at radius 3 is 1.04 bits per heavy atom. The lowest BCUT2D eigenvalue weighted by molar-refractivity contribution is -0.147. The molecule has 0 unspecified atom stereocenters. The first-order valence-corrected chi connectivity index (χ1v) is 19.5. The summed E-state index contributed by atoms with van der Waals surface area (Å²) in [5.74, 6) is -0.871. The van der Waals surface area contributed by atoms with Gasteiger partial charge in [0.1, 0.15) is 25.4 Å². The second-order valence-electron chi connectivity index (χ2n) is 12.3. The van der Waals surface area contributed by atoms with E-state index in [-0.39, 0.29) is 26.1 Å². The standard InChI is InChI=1S/C34H67O10P/c1-3-5-7-9-11-13-15-17-19-21-23-25-33(37)41-27-31(35)29-43-45(39,40)44-30-32(36)28-42-34(38)26-24-22-20-18-16-14-12-10-8-6-4-2/h31-32,35-36H,3-30H2,1-2H3,(H,39,40)/t31-,32-/m0/s1. The Kier molecular flexibility index (Phi) is 30.8. The molecular weight excluding hydrogens is 599 g/mol. The molecule has 0 aliphatic carbocycles. The molecule has 10 nitrogen and oxygen atoms in total. The van der Waals surface area contributed by atoms with Crippen LogP contribution in [0.15, 0.2) is 0 Å². The minimum Gasteiger partial charge on any atom is -0.463 e. The van der Waals surface area contributed by atoms with Gasteiger partial charge in [0.15, 0.2) is 0 Å². The van der Waals surface area contributed by atoms with Crippen LogP contribution in [0.2, 0.25) is 0 Å². The zero-order valence-electron chi connectivity index (χ0n) is 28.6. The van der Waals surface area contributed by atoms with E-state index in [1.54, 1.807) is 0 Å². The van der Waals surface area contributed by atoms with Crippen LogP contribution in [-0.2, 0) is 32.7 Å². The molecule has 0 aromatic rings. The number of unbranched alkanes of at least 4 members (excludes halogenated alkanes) is 20. The average molecular weight is 667 g/mol. The van der Waals surface area contributed by atoms with Gasteiger partial charge in [-0.1, -0.05) is 142 Å². The fourth-order valence-electron chi connectivity index (χ4n) is 4.88. The van der Waals surface area contributed by atoms with Crippen molar-refractivity contribution in [2.45, 2.75) is 180 Å². The zero-order valence-corrected chi connectivity index (χ0v) is 29.5. The molecule has 0 aromatic heterocycles. The van der Waals surface area contributed by atoms with Gasteiger partial charge in [0.2, 0.25) is 0 Å². The Balaban J connectivity index is 3.73. The molecule has 11 heteroatoms. The van der Waals surface area contributed by atoms with Crippen molar-refractivity contribution in [2.24, 2.45) is 0 Å². The van der Waals surface area contributed by atoms with Gasteiger partial charge in [-0.05, 0) is 12.8 Å². The Morgan fingerprint density at radius 1 is 0.489 bits per heavy atom. The number of hydrogen-bond acceptors (Lipinski definition) is 9. The number of ether oxygens (including phenoxy) is 2. The Hall–Kier alpha value is -1.03. The van der Waals surface area contributed by atoms with E-state index in [1.807, 2.05) is 0 Å². The van der Waals surface area contributed by atoms with Gasteiger partial charge in [0, 0.05) is 12.8 Å². The first kappa shape index (κ1) is 44.0. The van der Waals surface area contributed by atoms with Crippen LogP contribution in [0, 0.1) is 0 Å². The van der Waals surface area contributed by atoms with Crippen molar-refractivity contribution < 1.29 is 47.8 Å². The summed E-state index contributed by atoms with van der Waals surface area (Å²) in [6.07, 6.45) is 23.8. The van der Waals surface area contributed by atoms with Gasteiger partial charge in [-0.15, -0.1) is 0 Å². The smallest absolute Gasteiger partial charge is 0.463 e. The number of phosphoric ester groups is 1. The van der Waals surface area contributed by atoms with E-state index in [0.717, 1.165) is 38.5 Å². The predicted molar refractivity (Wildman–Crippen MR) is 178 cm³/mol. The Labute approximate surface area is 273 Å². The minimum absolute atomic E-state index is 0.258. The maximum atomic E-state index is 12.0. The topological polar surface area (TPSA) is 149 Å². The van der Waals surface area contributed by atoms with Crippen molar-refractivity contribution in [3.63, 3.8) is 0 Å². The molecule has 0 rings (SSSR count). The average Bonchev–Trinajstić information content (AvgIpc) is 3.02. The van der Waals surface area contributed by atoms with Crippen LogP contribution in [0.1, 0.15) is 168 Å². The molecule has 268 valence electrons. The summed E-state index contributed by atoms with van der Waals surface area (Å²) < 4.78 is 31.5. The quantitative estimate of drug-likeness (QED) is 0.0348. The van der Waals surface area contributed by atoms with E-state index < -0.39 is 45.2 Å². The van der Waals surface area contributed by atoms with Crippen LogP contribution in [0.4, 0.5) is 0 Å². The lowest BCUT2D eigenvalue weighted by Gasteiger charge is -2.17. The lowest BCUT2D eigenvalue weighted by atomic mass is 10.1. The van der Waals surface area contributed by atoms with Gasteiger partial charge in [0.05, 0.1) is 13.2 Å². The Morgan fingerprint density at radius 2 is 0.756 bits per heavy atom. The summed E-state index contributed by atoms with van der Waals surface area (Å²) in [5, 5.41) is 19.9. The van der Waals surface area contributed by atoms with E-state index in [1.165, 1.54) is 103 Å². The summed E-state index contributed by atoms with van der Waals surface area (Å²) >= 11 is 0. The largest absolute Gasteiger partial charge is 0.472 e. The molecule has 3 N–H and O–H groups in total. The lowest BCUT2D eigenvalue weighted by Crippen LogP contribution is -2.25. The summed E-state index contributed by atoms with van der Waals surface area (Å²) in [5.41, 5.74) is 0. The molecule has 0 aliphatic rings. The molecule has 45 heavy (non-hydrogen) atoms. The monoisotopic (exact) mass is 666 g/mol. The zero-order chi connectivity index (χ0) is 33.4. The summed E-state index contributed by atoms with van der Waals surface area (Å²) in [6, 6.07) is 0. The number of rotatable bonds is 34. The Bertz CT molecular complexity index is 680. The molecule has 0 radical (unpaired) electrons. The van der Waals surface area contributed by atoms with Gasteiger partial charge < -0.3 is 24.6 Å². The van der Waals surface area contributed by atoms with Crippen LogP contribution in [0.25, 0.3) is 0 Å². The van der Waals surface area contributed by atoms with E-state index in [4.69, 9.17) is 18.5 Å². The van der Waals surface area contributed by atoms with Gasteiger partial charge in [-0.25, -0.2) is 4.57 Å². The number of phosphoric acid groups is 1. The number of carbonyl (C=O) groups excluding carboxylic acids is 2. The van der Waals surface area contributed by atoms with Crippen molar-refractivity contribution in [2.75, 3.05) is 26.4 Å². The minimum atomic E-state index is -4.58. The van der Waals surface area contributed by atoms with Crippen LogP contribution < -0.4 is 0 Å². The maximum absolute atomic E-state index is 12.0. The molecule has 0 aromatic carbocycles. The fraction of sp³-hybridized carbons (Fsp3) is 0.941. The molecule has 0 saturated carbocycles. The van der Waals surface area contributed by atoms with Crippen LogP contribution in [0.5, 0.6) is 0 Å². The first-order valence-electron chi connectivity index (χ1n) is 18.0. The maximum Gasteiger partial charge on any atom is 0.472 e. The normalized spacial score (nSPS) is 13.1. The predicted octanol–water partition coefficient (Wildman–Crippen LogP) is 8.33. The highest BCUT2D eigenvalue weighted by Gasteiger charge is 2.25. The number of hydrogen-bond donors (Lipinski definition) is 3. The molecule has 0 aliphatic heterocycles. The van der Waals surface area contributed by atoms with Crippen LogP contribution in [0.3, 0.4) is 0 Å². The molecule has 0 heterocycles. The van der Waals surface area contributed by atoms with E-state index in [9.17, 15) is 29.3 Å². The molecule has 0 spiro atoms. The third kappa shape index (κ3) is 32.7. The highest BCUT2D eigenvalue weighted by atomic mass is 31.2. The van der Waals surface area contributed by atoms with Gasteiger partial charge in [-0.3, -0.25) is 18.6 Å². The number of aliphatic hydroxyl groups excluding tert-OH is 2. The first-order chi connectivity index (χ1) is 21.7. The van der Waals surface area contributed by atoms with E-state index in [2.05, 4.69) is 13.8 Å². The fourth-order valence-corrected chi connectivity index (χ4v) is 5.68. The van der Waals surface area contributed by atoms with Crippen molar-refractivity contribution in [3.8, 4) is 0 Å². The summed E-state index contributed by atoms with van der Waals surface area (Å²) in [4.78, 5) is 33.5. The summed E-state index contributed by atoms with van der Waals surface area (Å²) in [7, 11) is -4.58. The van der Waals surface area contributed by atoms with Crippen LogP contribution in [-0.4, -0.2) is 65.7 Å². The number of carbonyl (C=O) groups is 2. The van der Waals surface area contributed by atoms with Gasteiger partial charge in [-0.2, -0.15) is 0 Å². The highest BCUT2D eigenvalue weighted by molar-refractivity contribution is 7.47. The SMILES string of the molecule is CCCCCCCCCCCCCC(=O)OC[C@H](O)COP(=O)(O)OC[C@@H](O)COC(=O)CCCCCCCCCCCCC. The van der Waals surface area contributed by atoms with Crippen molar-refractivity contribution in [1.29, 1.82) is 0 Å². The van der Waals surface area contributed by atoms with Crippen LogP contribution >= 0.6 is 7.82 Å². The number of esters is 2. The third-order valence-electron chi connectivity index (χ3n) is 7.70. The summed E-state index contributed by atoms with van der Waals surface area (Å²) in [6.45, 7) is 2.52. The molecule has 0 bridgehead atoms.